The molecule has 27 heavy (non-hydrogen) atoms. The van der Waals surface area contributed by atoms with E-state index in [0.717, 1.165) is 27.9 Å². The number of nitrogens with zero attached hydrogens (tertiary/aromatic N) is 2. The van der Waals surface area contributed by atoms with Crippen LogP contribution < -0.4 is 9.62 Å². The van der Waals surface area contributed by atoms with Gasteiger partial charge in [-0.15, -0.1) is 0 Å². The summed E-state index contributed by atoms with van der Waals surface area (Å²) < 4.78 is 25.9. The Morgan fingerprint density at radius 2 is 1.81 bits per heavy atom. The molecule has 0 aliphatic heterocycles. The third-order valence-electron chi connectivity index (χ3n) is 4.24. The molecule has 140 valence electrons. The number of pyridine rings is 1. The van der Waals surface area contributed by atoms with Crippen molar-refractivity contribution in [3.05, 3.63) is 66.4 Å². The molecule has 0 fully saturated rings. The predicted molar refractivity (Wildman–Crippen MR) is 108 cm³/mol. The molecule has 6 nitrogen and oxygen atoms in total. The molecule has 0 spiro atoms. The average Bonchev–Trinajstić information content (AvgIpc) is 2.65. The van der Waals surface area contributed by atoms with Gasteiger partial charge in [0, 0.05) is 17.3 Å². The van der Waals surface area contributed by atoms with Crippen molar-refractivity contribution in [2.24, 2.45) is 0 Å². The van der Waals surface area contributed by atoms with E-state index in [1.54, 1.807) is 30.5 Å². The molecule has 0 aliphatic carbocycles. The highest BCUT2D eigenvalue weighted by Gasteiger charge is 2.23. The first-order valence-corrected chi connectivity index (χ1v) is 10.4. The number of para-hydroxylation sites is 2. The highest BCUT2D eigenvalue weighted by molar-refractivity contribution is 7.92. The zero-order valence-corrected chi connectivity index (χ0v) is 16.0. The van der Waals surface area contributed by atoms with Crippen LogP contribution in [0.15, 0.2) is 60.8 Å². The van der Waals surface area contributed by atoms with E-state index in [1.807, 2.05) is 37.3 Å². The van der Waals surface area contributed by atoms with E-state index < -0.39 is 15.9 Å². The van der Waals surface area contributed by atoms with Crippen LogP contribution in [-0.4, -0.2) is 32.1 Å². The Balaban J connectivity index is 1.93. The van der Waals surface area contributed by atoms with E-state index in [4.69, 9.17) is 0 Å². The van der Waals surface area contributed by atoms with Crippen molar-refractivity contribution in [1.82, 2.24) is 4.98 Å². The van der Waals surface area contributed by atoms with Crippen LogP contribution in [0.3, 0.4) is 0 Å². The molecule has 7 heteroatoms. The van der Waals surface area contributed by atoms with Gasteiger partial charge in [-0.05, 0) is 30.2 Å². The number of sulfonamides is 1. The van der Waals surface area contributed by atoms with E-state index in [-0.39, 0.29) is 6.54 Å². The lowest BCUT2D eigenvalue weighted by Gasteiger charge is -2.23. The summed E-state index contributed by atoms with van der Waals surface area (Å²) >= 11 is 0. The molecular formula is C20H21N3O3S. The number of benzene rings is 2. The van der Waals surface area contributed by atoms with Gasteiger partial charge in [-0.2, -0.15) is 0 Å². The van der Waals surface area contributed by atoms with Gasteiger partial charge in [-0.25, -0.2) is 8.42 Å². The number of nitrogens with one attached hydrogen (secondary N) is 1. The fourth-order valence-corrected chi connectivity index (χ4v) is 3.80. The van der Waals surface area contributed by atoms with Gasteiger partial charge in [0.1, 0.15) is 6.54 Å². The van der Waals surface area contributed by atoms with Crippen molar-refractivity contribution in [2.75, 3.05) is 22.4 Å². The topological polar surface area (TPSA) is 79.4 Å². The maximum absolute atomic E-state index is 12.6. The summed E-state index contributed by atoms with van der Waals surface area (Å²) in [5.41, 5.74) is 2.60. The molecular weight excluding hydrogens is 362 g/mol. The molecule has 0 aliphatic rings. The summed E-state index contributed by atoms with van der Waals surface area (Å²) in [5, 5.41) is 3.62. The molecule has 0 bridgehead atoms. The van der Waals surface area contributed by atoms with Crippen molar-refractivity contribution >= 4 is 38.2 Å². The second kappa shape index (κ2) is 7.75. The summed E-state index contributed by atoms with van der Waals surface area (Å²) in [6.07, 6.45) is 3.45. The first-order chi connectivity index (χ1) is 12.9. The number of carbonyl (C=O) groups is 1. The Bertz CT molecular complexity index is 1080. The predicted octanol–water partition coefficient (Wildman–Crippen LogP) is 3.20. The van der Waals surface area contributed by atoms with Gasteiger partial charge in [0.2, 0.25) is 15.9 Å². The van der Waals surface area contributed by atoms with E-state index in [0.29, 0.717) is 16.9 Å². The molecule has 0 unspecified atom stereocenters. The molecule has 0 radical (unpaired) electrons. The number of anilines is 2. The van der Waals surface area contributed by atoms with Crippen molar-refractivity contribution in [1.29, 1.82) is 0 Å². The van der Waals surface area contributed by atoms with Crippen molar-refractivity contribution in [3.63, 3.8) is 0 Å². The molecule has 0 atom stereocenters. The van der Waals surface area contributed by atoms with Crippen LogP contribution in [0.5, 0.6) is 0 Å². The van der Waals surface area contributed by atoms with Crippen LogP contribution in [0.1, 0.15) is 12.5 Å². The minimum Gasteiger partial charge on any atom is -0.324 e. The lowest BCUT2D eigenvalue weighted by Crippen LogP contribution is -2.37. The fraction of sp³-hybridized carbons (Fsp3) is 0.200. The smallest absolute Gasteiger partial charge is 0.245 e. The van der Waals surface area contributed by atoms with Gasteiger partial charge in [-0.3, -0.25) is 14.1 Å². The molecule has 3 aromatic rings. The summed E-state index contributed by atoms with van der Waals surface area (Å²) in [4.78, 5) is 16.9. The second-order valence-corrected chi connectivity index (χ2v) is 8.09. The minimum atomic E-state index is -3.68. The SMILES string of the molecule is CCc1ccccc1NC(=O)CN(c1cccc2cccnc12)S(C)(=O)=O. The zero-order valence-electron chi connectivity index (χ0n) is 15.2. The fourth-order valence-electron chi connectivity index (χ4n) is 2.94. The summed E-state index contributed by atoms with van der Waals surface area (Å²) in [5.74, 6) is -0.408. The highest BCUT2D eigenvalue weighted by atomic mass is 32.2. The molecule has 1 aromatic heterocycles. The van der Waals surface area contributed by atoms with Crippen molar-refractivity contribution < 1.29 is 13.2 Å². The van der Waals surface area contributed by atoms with E-state index in [9.17, 15) is 13.2 Å². The maximum atomic E-state index is 12.6. The number of fused-ring (bicyclic) bond motifs is 1. The molecule has 0 saturated carbocycles. The Morgan fingerprint density at radius 3 is 2.56 bits per heavy atom. The summed E-state index contributed by atoms with van der Waals surface area (Å²) in [6.45, 7) is 1.67. The zero-order chi connectivity index (χ0) is 19.4. The molecule has 1 heterocycles. The van der Waals surface area contributed by atoms with Crippen LogP contribution in [0.25, 0.3) is 10.9 Å². The highest BCUT2D eigenvalue weighted by Crippen LogP contribution is 2.26. The van der Waals surface area contributed by atoms with Crippen LogP contribution in [0.4, 0.5) is 11.4 Å². The molecule has 2 aromatic carbocycles. The number of hydrogen-bond donors (Lipinski definition) is 1. The number of amides is 1. The normalized spacial score (nSPS) is 11.3. The van der Waals surface area contributed by atoms with Crippen LogP contribution in [0, 0.1) is 0 Å². The Kier molecular flexibility index (Phi) is 5.41. The maximum Gasteiger partial charge on any atom is 0.245 e. The number of aromatic nitrogens is 1. The second-order valence-electron chi connectivity index (χ2n) is 6.18. The average molecular weight is 383 g/mol. The largest absolute Gasteiger partial charge is 0.324 e. The Hall–Kier alpha value is -2.93. The molecule has 1 amide bonds. The number of carbonyl (C=O) groups excluding carboxylic acids is 1. The van der Waals surface area contributed by atoms with Gasteiger partial charge < -0.3 is 5.32 Å². The third kappa shape index (κ3) is 4.25. The molecule has 1 N–H and O–H groups in total. The quantitative estimate of drug-likeness (QED) is 0.709. The summed E-state index contributed by atoms with van der Waals surface area (Å²) in [6, 6.07) is 16.4. The first kappa shape index (κ1) is 18.8. The third-order valence-corrected chi connectivity index (χ3v) is 5.37. The van der Waals surface area contributed by atoms with Gasteiger partial charge in [0.15, 0.2) is 0 Å². The number of hydrogen-bond acceptors (Lipinski definition) is 4. The standard InChI is InChI=1S/C20H21N3O3S/c1-3-15-8-4-5-11-17(15)22-19(24)14-23(27(2,25)26)18-12-6-9-16-10-7-13-21-20(16)18/h4-13H,3,14H2,1-2H3,(H,22,24). The van der Waals surface area contributed by atoms with Gasteiger partial charge in [-0.1, -0.05) is 43.3 Å². The van der Waals surface area contributed by atoms with Gasteiger partial charge >= 0.3 is 0 Å². The number of rotatable bonds is 6. The monoisotopic (exact) mass is 383 g/mol. The lowest BCUT2D eigenvalue weighted by molar-refractivity contribution is -0.114. The van der Waals surface area contributed by atoms with E-state index in [2.05, 4.69) is 10.3 Å². The first-order valence-electron chi connectivity index (χ1n) is 8.59. The number of aryl methyl sites for hydroxylation is 1. The molecule has 3 rings (SSSR count). The Labute approximate surface area is 158 Å². The van der Waals surface area contributed by atoms with E-state index >= 15 is 0 Å². The molecule has 0 saturated heterocycles. The summed E-state index contributed by atoms with van der Waals surface area (Å²) in [7, 11) is -3.68. The van der Waals surface area contributed by atoms with Crippen LogP contribution in [-0.2, 0) is 21.2 Å². The van der Waals surface area contributed by atoms with Crippen molar-refractivity contribution in [2.45, 2.75) is 13.3 Å². The van der Waals surface area contributed by atoms with Crippen LogP contribution >= 0.6 is 0 Å². The Morgan fingerprint density at radius 1 is 1.07 bits per heavy atom. The lowest BCUT2D eigenvalue weighted by atomic mass is 10.1. The van der Waals surface area contributed by atoms with Gasteiger partial charge in [0.25, 0.3) is 0 Å². The van der Waals surface area contributed by atoms with E-state index in [1.165, 1.54) is 0 Å². The van der Waals surface area contributed by atoms with Gasteiger partial charge in [0.05, 0.1) is 17.5 Å². The minimum absolute atomic E-state index is 0.327. The van der Waals surface area contributed by atoms with Crippen molar-refractivity contribution in [3.8, 4) is 0 Å². The van der Waals surface area contributed by atoms with Crippen LogP contribution in [0.2, 0.25) is 0 Å².